The van der Waals surface area contributed by atoms with Crippen molar-refractivity contribution in [3.63, 3.8) is 0 Å². The standard InChI is InChI=1S/C15H14F2N2O2/c16-11-8-12(17)14(20)13(9-11)19-15(21)18-7-6-10-4-2-1-3-5-10/h1-5,8-9,20H,6-7H2,(H2,18,19,21). The molecule has 0 saturated heterocycles. The average molecular weight is 292 g/mol. The molecule has 21 heavy (non-hydrogen) atoms. The van der Waals surface area contributed by atoms with Gasteiger partial charge in [-0.05, 0) is 12.0 Å². The van der Waals surface area contributed by atoms with E-state index < -0.39 is 23.4 Å². The molecule has 0 unspecified atom stereocenters. The molecule has 4 nitrogen and oxygen atoms in total. The molecular formula is C15H14F2N2O2. The number of halogens is 2. The van der Waals surface area contributed by atoms with Gasteiger partial charge < -0.3 is 15.7 Å². The van der Waals surface area contributed by atoms with E-state index in [2.05, 4.69) is 10.6 Å². The van der Waals surface area contributed by atoms with Crippen LogP contribution in [0.3, 0.4) is 0 Å². The summed E-state index contributed by atoms with van der Waals surface area (Å²) in [5.74, 6) is -2.81. The van der Waals surface area contributed by atoms with E-state index in [1.807, 2.05) is 30.3 Å². The van der Waals surface area contributed by atoms with Crippen LogP contribution in [0.15, 0.2) is 42.5 Å². The maximum absolute atomic E-state index is 13.1. The Morgan fingerprint density at radius 1 is 1.14 bits per heavy atom. The highest BCUT2D eigenvalue weighted by Gasteiger charge is 2.12. The number of carbonyl (C=O) groups is 1. The summed E-state index contributed by atoms with van der Waals surface area (Å²) in [6, 6.07) is 10.3. The van der Waals surface area contributed by atoms with Gasteiger partial charge in [0.2, 0.25) is 0 Å². The van der Waals surface area contributed by atoms with Gasteiger partial charge in [0.15, 0.2) is 11.6 Å². The van der Waals surface area contributed by atoms with Gasteiger partial charge in [-0.3, -0.25) is 0 Å². The van der Waals surface area contributed by atoms with Gasteiger partial charge in [-0.2, -0.15) is 0 Å². The second kappa shape index (κ2) is 6.69. The Kier molecular flexibility index (Phi) is 4.71. The summed E-state index contributed by atoms with van der Waals surface area (Å²) < 4.78 is 26.1. The normalized spacial score (nSPS) is 10.2. The highest BCUT2D eigenvalue weighted by molar-refractivity contribution is 5.90. The summed E-state index contributed by atoms with van der Waals surface area (Å²) >= 11 is 0. The van der Waals surface area contributed by atoms with Crippen molar-refractivity contribution < 1.29 is 18.7 Å². The minimum atomic E-state index is -1.13. The lowest BCUT2D eigenvalue weighted by Gasteiger charge is -2.09. The molecule has 110 valence electrons. The fraction of sp³-hybridized carbons (Fsp3) is 0.133. The Balaban J connectivity index is 1.88. The van der Waals surface area contributed by atoms with Crippen LogP contribution < -0.4 is 10.6 Å². The van der Waals surface area contributed by atoms with Crippen LogP contribution in [0.2, 0.25) is 0 Å². The molecule has 2 aromatic carbocycles. The molecule has 0 aliphatic heterocycles. The van der Waals surface area contributed by atoms with Crippen LogP contribution in [0.4, 0.5) is 19.3 Å². The Morgan fingerprint density at radius 3 is 2.57 bits per heavy atom. The molecule has 3 N–H and O–H groups in total. The van der Waals surface area contributed by atoms with Gasteiger partial charge >= 0.3 is 6.03 Å². The monoisotopic (exact) mass is 292 g/mol. The molecule has 0 bridgehead atoms. The number of phenolic OH excluding ortho intramolecular Hbond substituents is 1. The van der Waals surface area contributed by atoms with Gasteiger partial charge in [-0.15, -0.1) is 0 Å². The van der Waals surface area contributed by atoms with Crippen LogP contribution in [0, 0.1) is 11.6 Å². The molecule has 0 radical (unpaired) electrons. The van der Waals surface area contributed by atoms with Crippen molar-refractivity contribution in [2.75, 3.05) is 11.9 Å². The number of nitrogens with one attached hydrogen (secondary N) is 2. The van der Waals surface area contributed by atoms with Crippen LogP contribution in [0.1, 0.15) is 5.56 Å². The highest BCUT2D eigenvalue weighted by Crippen LogP contribution is 2.27. The molecule has 0 spiro atoms. The lowest BCUT2D eigenvalue weighted by atomic mass is 10.1. The van der Waals surface area contributed by atoms with Crippen molar-refractivity contribution in [3.8, 4) is 5.75 Å². The first kappa shape index (κ1) is 14.8. The lowest BCUT2D eigenvalue weighted by molar-refractivity contribution is 0.252. The van der Waals surface area contributed by atoms with E-state index in [4.69, 9.17) is 0 Å². The lowest BCUT2D eigenvalue weighted by Crippen LogP contribution is -2.30. The molecular weight excluding hydrogens is 278 g/mol. The zero-order valence-corrected chi connectivity index (χ0v) is 11.1. The maximum atomic E-state index is 13.1. The summed E-state index contributed by atoms with van der Waals surface area (Å²) in [4.78, 5) is 11.6. The molecule has 2 aromatic rings. The minimum Gasteiger partial charge on any atom is -0.503 e. The zero-order valence-electron chi connectivity index (χ0n) is 11.1. The van der Waals surface area contributed by atoms with Crippen molar-refractivity contribution in [1.82, 2.24) is 5.32 Å². The zero-order chi connectivity index (χ0) is 15.2. The minimum absolute atomic E-state index is 0.315. The van der Waals surface area contributed by atoms with Crippen LogP contribution in [-0.4, -0.2) is 17.7 Å². The number of urea groups is 1. The largest absolute Gasteiger partial charge is 0.503 e. The molecule has 0 aromatic heterocycles. The van der Waals surface area contributed by atoms with Crippen molar-refractivity contribution in [3.05, 3.63) is 59.7 Å². The first-order valence-corrected chi connectivity index (χ1v) is 6.33. The van der Waals surface area contributed by atoms with Gasteiger partial charge in [0.1, 0.15) is 5.82 Å². The highest BCUT2D eigenvalue weighted by atomic mass is 19.1. The Bertz CT molecular complexity index is 633. The Labute approximate surface area is 120 Å². The number of anilines is 1. The molecule has 0 atom stereocenters. The van der Waals surface area contributed by atoms with Gasteiger partial charge in [-0.1, -0.05) is 30.3 Å². The number of rotatable bonds is 4. The second-order valence-electron chi connectivity index (χ2n) is 4.40. The topological polar surface area (TPSA) is 61.4 Å². The third kappa shape index (κ3) is 4.17. The van der Waals surface area contributed by atoms with E-state index in [0.29, 0.717) is 19.0 Å². The molecule has 2 amide bonds. The van der Waals surface area contributed by atoms with E-state index in [9.17, 15) is 18.7 Å². The molecule has 0 heterocycles. The number of aromatic hydroxyl groups is 1. The van der Waals surface area contributed by atoms with Crippen molar-refractivity contribution in [1.29, 1.82) is 0 Å². The Morgan fingerprint density at radius 2 is 1.86 bits per heavy atom. The van der Waals surface area contributed by atoms with Crippen LogP contribution in [0.25, 0.3) is 0 Å². The van der Waals surface area contributed by atoms with Gasteiger partial charge in [0.25, 0.3) is 0 Å². The van der Waals surface area contributed by atoms with Crippen LogP contribution in [0.5, 0.6) is 5.75 Å². The van der Waals surface area contributed by atoms with E-state index in [1.165, 1.54) is 0 Å². The summed E-state index contributed by atoms with van der Waals surface area (Å²) in [5.41, 5.74) is 0.738. The maximum Gasteiger partial charge on any atom is 0.319 e. The smallest absolute Gasteiger partial charge is 0.319 e. The second-order valence-corrected chi connectivity index (χ2v) is 4.40. The molecule has 0 saturated carbocycles. The number of benzene rings is 2. The van der Waals surface area contributed by atoms with Crippen molar-refractivity contribution in [2.45, 2.75) is 6.42 Å². The summed E-state index contributed by atoms with van der Waals surface area (Å²) in [6.07, 6.45) is 0.623. The molecule has 0 aliphatic rings. The number of carbonyl (C=O) groups excluding carboxylic acids is 1. The number of hydrogen-bond acceptors (Lipinski definition) is 2. The van der Waals surface area contributed by atoms with Gasteiger partial charge in [0, 0.05) is 18.7 Å². The van der Waals surface area contributed by atoms with Gasteiger partial charge in [-0.25, -0.2) is 13.6 Å². The quantitative estimate of drug-likeness (QED) is 0.759. The van der Waals surface area contributed by atoms with Gasteiger partial charge in [0.05, 0.1) is 5.69 Å². The number of amides is 2. The van der Waals surface area contributed by atoms with E-state index in [-0.39, 0.29) is 5.69 Å². The predicted octanol–water partition coefficient (Wildman–Crippen LogP) is 3.03. The van der Waals surface area contributed by atoms with Crippen molar-refractivity contribution >= 4 is 11.7 Å². The summed E-state index contributed by atoms with van der Waals surface area (Å²) in [5, 5.41) is 14.1. The molecule has 0 fully saturated rings. The first-order valence-electron chi connectivity index (χ1n) is 6.33. The number of phenols is 1. The van der Waals surface area contributed by atoms with Crippen molar-refractivity contribution in [2.24, 2.45) is 0 Å². The predicted molar refractivity (Wildman–Crippen MR) is 75.2 cm³/mol. The fourth-order valence-electron chi connectivity index (χ4n) is 1.79. The van der Waals surface area contributed by atoms with E-state index >= 15 is 0 Å². The molecule has 0 aliphatic carbocycles. The third-order valence-electron chi connectivity index (χ3n) is 2.82. The Hall–Kier alpha value is -2.63. The van der Waals surface area contributed by atoms with E-state index in [1.54, 1.807) is 0 Å². The van der Waals surface area contributed by atoms with Crippen LogP contribution in [-0.2, 0) is 6.42 Å². The third-order valence-corrected chi connectivity index (χ3v) is 2.82. The summed E-state index contributed by atoms with van der Waals surface area (Å²) in [7, 11) is 0. The molecule has 6 heteroatoms. The average Bonchev–Trinajstić information content (AvgIpc) is 2.45. The SMILES string of the molecule is O=C(NCCc1ccccc1)Nc1cc(F)cc(F)c1O. The summed E-state index contributed by atoms with van der Waals surface area (Å²) in [6.45, 7) is 0.356. The van der Waals surface area contributed by atoms with Crippen LogP contribution >= 0.6 is 0 Å². The number of hydrogen-bond donors (Lipinski definition) is 3. The molecule has 2 rings (SSSR count). The van der Waals surface area contributed by atoms with E-state index in [0.717, 1.165) is 11.6 Å². The first-order chi connectivity index (χ1) is 10.1. The fourth-order valence-corrected chi connectivity index (χ4v) is 1.79.